The molecule has 1 aromatic heterocycles. The summed E-state index contributed by atoms with van der Waals surface area (Å²) in [4.78, 5) is 0. The Hall–Kier alpha value is -1.78. The normalized spacial score (nSPS) is 12.5. The van der Waals surface area contributed by atoms with E-state index in [4.69, 9.17) is 0 Å². The lowest BCUT2D eigenvalue weighted by atomic mass is 10.2. The van der Waals surface area contributed by atoms with Crippen LogP contribution in [-0.2, 0) is 6.54 Å². The Morgan fingerprint density at radius 3 is 2.52 bits per heavy atom. The number of fused-ring (bicyclic) bond motifs is 1. The fourth-order valence-corrected chi connectivity index (χ4v) is 3.18. The van der Waals surface area contributed by atoms with Gasteiger partial charge in [0, 0.05) is 33.3 Å². The molecule has 0 radical (unpaired) electrons. The molecule has 120 valence electrons. The molecule has 3 aromatic rings. The van der Waals surface area contributed by atoms with Crippen LogP contribution in [0, 0.1) is 13.8 Å². The largest absolute Gasteiger partial charge is 0.389 e. The van der Waals surface area contributed by atoms with E-state index in [1.54, 1.807) is 0 Å². The predicted molar refractivity (Wildman–Crippen MR) is 100 cm³/mol. The Kier molecular flexibility index (Phi) is 4.74. The number of para-hydroxylation sites is 1. The Morgan fingerprint density at radius 2 is 1.78 bits per heavy atom. The van der Waals surface area contributed by atoms with Gasteiger partial charge in [0.1, 0.15) is 0 Å². The molecule has 0 fully saturated rings. The number of anilines is 1. The van der Waals surface area contributed by atoms with Gasteiger partial charge in [-0.2, -0.15) is 0 Å². The van der Waals surface area contributed by atoms with Crippen molar-refractivity contribution in [2.24, 2.45) is 0 Å². The van der Waals surface area contributed by atoms with Crippen molar-refractivity contribution in [1.82, 2.24) is 4.57 Å². The fourth-order valence-electron chi connectivity index (χ4n) is 2.92. The van der Waals surface area contributed by atoms with Gasteiger partial charge in [-0.05, 0) is 49.7 Å². The van der Waals surface area contributed by atoms with Gasteiger partial charge in [-0.25, -0.2) is 0 Å². The van der Waals surface area contributed by atoms with Crippen molar-refractivity contribution in [2.45, 2.75) is 26.5 Å². The van der Waals surface area contributed by atoms with Crippen LogP contribution < -0.4 is 5.32 Å². The zero-order valence-corrected chi connectivity index (χ0v) is 15.0. The molecule has 0 aliphatic rings. The highest BCUT2D eigenvalue weighted by atomic mass is 79.9. The average Bonchev–Trinajstić information content (AvgIpc) is 2.80. The molecular weight excluding hydrogens is 352 g/mol. The number of nitrogens with one attached hydrogen (secondary N) is 1. The van der Waals surface area contributed by atoms with Crippen LogP contribution in [0.15, 0.2) is 53.0 Å². The minimum absolute atomic E-state index is 0.451. The van der Waals surface area contributed by atoms with E-state index in [1.165, 1.54) is 22.2 Å². The smallest absolute Gasteiger partial charge is 0.0891 e. The maximum atomic E-state index is 10.4. The van der Waals surface area contributed by atoms with E-state index in [9.17, 15) is 5.11 Å². The Morgan fingerprint density at radius 1 is 1.09 bits per heavy atom. The van der Waals surface area contributed by atoms with E-state index in [0.717, 1.165) is 10.2 Å². The molecule has 0 bridgehead atoms. The molecule has 2 aromatic carbocycles. The first-order chi connectivity index (χ1) is 11.1. The molecule has 0 amide bonds. The molecule has 0 spiro atoms. The summed E-state index contributed by atoms with van der Waals surface area (Å²) in [5, 5.41) is 15.0. The zero-order valence-electron chi connectivity index (χ0n) is 13.4. The zero-order chi connectivity index (χ0) is 16.4. The number of halogens is 1. The first-order valence-corrected chi connectivity index (χ1v) is 8.57. The lowest BCUT2D eigenvalue weighted by molar-refractivity contribution is 0.167. The van der Waals surface area contributed by atoms with Gasteiger partial charge in [0.15, 0.2) is 0 Å². The third-order valence-corrected chi connectivity index (χ3v) is 4.85. The number of aliphatic hydroxyl groups is 1. The van der Waals surface area contributed by atoms with Crippen LogP contribution in [0.5, 0.6) is 0 Å². The quantitative estimate of drug-likeness (QED) is 0.691. The summed E-state index contributed by atoms with van der Waals surface area (Å²) in [5.41, 5.74) is 4.70. The minimum atomic E-state index is -0.451. The molecule has 0 aliphatic heterocycles. The van der Waals surface area contributed by atoms with Crippen LogP contribution >= 0.6 is 15.9 Å². The van der Waals surface area contributed by atoms with Crippen molar-refractivity contribution in [2.75, 3.05) is 11.9 Å². The summed E-state index contributed by atoms with van der Waals surface area (Å²) >= 11 is 3.42. The van der Waals surface area contributed by atoms with Crippen LogP contribution in [0.1, 0.15) is 11.3 Å². The van der Waals surface area contributed by atoms with Crippen molar-refractivity contribution in [3.8, 4) is 0 Å². The second-order valence-electron chi connectivity index (χ2n) is 5.88. The first-order valence-electron chi connectivity index (χ1n) is 7.78. The van der Waals surface area contributed by atoms with Gasteiger partial charge in [0.05, 0.1) is 12.6 Å². The molecule has 4 heteroatoms. The van der Waals surface area contributed by atoms with Gasteiger partial charge in [-0.1, -0.05) is 34.1 Å². The van der Waals surface area contributed by atoms with Gasteiger partial charge < -0.3 is 15.0 Å². The molecule has 0 aliphatic carbocycles. The van der Waals surface area contributed by atoms with Crippen LogP contribution in [0.2, 0.25) is 0 Å². The van der Waals surface area contributed by atoms with Crippen molar-refractivity contribution >= 4 is 32.5 Å². The molecule has 1 heterocycles. The number of hydrogen-bond acceptors (Lipinski definition) is 2. The molecule has 1 unspecified atom stereocenters. The number of benzene rings is 2. The van der Waals surface area contributed by atoms with Crippen molar-refractivity contribution < 1.29 is 5.11 Å². The highest BCUT2D eigenvalue weighted by Crippen LogP contribution is 2.25. The van der Waals surface area contributed by atoms with E-state index >= 15 is 0 Å². The third kappa shape index (κ3) is 3.43. The molecule has 1 atom stereocenters. The van der Waals surface area contributed by atoms with E-state index in [1.807, 2.05) is 30.3 Å². The van der Waals surface area contributed by atoms with Gasteiger partial charge in [0.25, 0.3) is 0 Å². The molecule has 0 saturated heterocycles. The second-order valence-corrected chi connectivity index (χ2v) is 6.80. The summed E-state index contributed by atoms with van der Waals surface area (Å²) in [6, 6.07) is 16.3. The summed E-state index contributed by atoms with van der Waals surface area (Å²) in [6.07, 6.45) is -0.451. The second kappa shape index (κ2) is 6.77. The number of aliphatic hydroxyl groups excluding tert-OH is 1. The summed E-state index contributed by atoms with van der Waals surface area (Å²) in [6.45, 7) is 5.36. The van der Waals surface area contributed by atoms with Gasteiger partial charge >= 0.3 is 0 Å². The van der Waals surface area contributed by atoms with E-state index < -0.39 is 6.10 Å². The lowest BCUT2D eigenvalue weighted by Gasteiger charge is -2.16. The summed E-state index contributed by atoms with van der Waals surface area (Å²) in [7, 11) is 0. The third-order valence-electron chi connectivity index (χ3n) is 4.33. The molecule has 3 nitrogen and oxygen atoms in total. The van der Waals surface area contributed by atoms with E-state index in [2.05, 4.69) is 57.9 Å². The standard InChI is InChI=1S/C19H21BrN2O/c1-13-14(2)22(19-6-4-3-5-18(13)19)12-17(23)11-21-16-9-7-15(20)8-10-16/h3-10,17,21,23H,11-12H2,1-2H3. The van der Waals surface area contributed by atoms with E-state index in [0.29, 0.717) is 13.1 Å². The highest BCUT2D eigenvalue weighted by Gasteiger charge is 2.13. The number of hydrogen-bond donors (Lipinski definition) is 2. The Bertz CT molecular complexity index is 808. The summed E-state index contributed by atoms with van der Waals surface area (Å²) in [5.74, 6) is 0. The molecule has 23 heavy (non-hydrogen) atoms. The molecular formula is C19H21BrN2O. The number of aromatic nitrogens is 1. The monoisotopic (exact) mass is 372 g/mol. The average molecular weight is 373 g/mol. The van der Waals surface area contributed by atoms with Crippen LogP contribution in [0.4, 0.5) is 5.69 Å². The molecule has 2 N–H and O–H groups in total. The summed E-state index contributed by atoms with van der Waals surface area (Å²) < 4.78 is 3.26. The van der Waals surface area contributed by atoms with Crippen molar-refractivity contribution in [3.63, 3.8) is 0 Å². The van der Waals surface area contributed by atoms with Crippen LogP contribution in [-0.4, -0.2) is 22.3 Å². The van der Waals surface area contributed by atoms with Crippen LogP contribution in [0.3, 0.4) is 0 Å². The highest BCUT2D eigenvalue weighted by molar-refractivity contribution is 9.10. The topological polar surface area (TPSA) is 37.2 Å². The molecule has 3 rings (SSSR count). The van der Waals surface area contributed by atoms with Gasteiger partial charge in [0.2, 0.25) is 0 Å². The van der Waals surface area contributed by atoms with Gasteiger partial charge in [-0.15, -0.1) is 0 Å². The van der Waals surface area contributed by atoms with Crippen LogP contribution in [0.25, 0.3) is 10.9 Å². The lowest BCUT2D eigenvalue weighted by Crippen LogP contribution is -2.25. The SMILES string of the molecule is Cc1c(C)n(CC(O)CNc2ccc(Br)cc2)c2ccccc12. The molecule has 0 saturated carbocycles. The van der Waals surface area contributed by atoms with E-state index in [-0.39, 0.29) is 0 Å². The first kappa shape index (κ1) is 16.1. The minimum Gasteiger partial charge on any atom is -0.389 e. The van der Waals surface area contributed by atoms with Crippen molar-refractivity contribution in [1.29, 1.82) is 0 Å². The predicted octanol–water partition coefficient (Wildman–Crippen LogP) is 4.49. The Balaban J connectivity index is 1.72. The van der Waals surface area contributed by atoms with Crippen molar-refractivity contribution in [3.05, 3.63) is 64.3 Å². The Labute approximate surface area is 145 Å². The maximum absolute atomic E-state index is 10.4. The van der Waals surface area contributed by atoms with Gasteiger partial charge in [-0.3, -0.25) is 0 Å². The number of rotatable bonds is 5. The number of nitrogens with zero attached hydrogens (tertiary/aromatic N) is 1. The maximum Gasteiger partial charge on any atom is 0.0891 e. The number of aryl methyl sites for hydroxylation is 1. The fraction of sp³-hybridized carbons (Fsp3) is 0.263.